The fourth-order valence-corrected chi connectivity index (χ4v) is 4.18. The van der Waals surface area contributed by atoms with Crippen LogP contribution in [0.5, 0.6) is 0 Å². The molecule has 0 radical (unpaired) electrons. The van der Waals surface area contributed by atoms with Crippen LogP contribution in [-0.2, 0) is 14.4 Å². The summed E-state index contributed by atoms with van der Waals surface area (Å²) in [6.07, 6.45) is 2.23. The summed E-state index contributed by atoms with van der Waals surface area (Å²) < 4.78 is 0. The summed E-state index contributed by atoms with van der Waals surface area (Å²) in [5.41, 5.74) is 16.8. The average molecular weight is 466 g/mol. The number of amides is 3. The molecule has 0 aliphatic rings. The van der Waals surface area contributed by atoms with E-state index in [2.05, 4.69) is 16.0 Å². The lowest BCUT2D eigenvalue weighted by Crippen LogP contribution is -2.52. The third kappa shape index (κ3) is 15.7. The fourth-order valence-electron chi connectivity index (χ4n) is 2.37. The number of hydrogen-bond donors (Lipinski definition) is 6. The van der Waals surface area contributed by atoms with Gasteiger partial charge in [-0.15, -0.1) is 0 Å². The molecule has 0 aliphatic carbocycles. The van der Waals surface area contributed by atoms with Gasteiger partial charge in [0.25, 0.3) is 0 Å². The summed E-state index contributed by atoms with van der Waals surface area (Å²) in [5.74, 6) is 0.931. The number of nitrogens with one attached hydrogen (secondary N) is 3. The molecule has 176 valence electrons. The molecule has 0 saturated carbocycles. The number of carbonyl (C=O) groups excluding carboxylic acids is 3. The first-order valence-electron chi connectivity index (χ1n) is 10.2. The summed E-state index contributed by atoms with van der Waals surface area (Å²) in [5, 5.41) is 8.42. The second kappa shape index (κ2) is 18.7. The van der Waals surface area contributed by atoms with E-state index in [9.17, 15) is 14.4 Å². The molecule has 12 heteroatoms. The Morgan fingerprint density at radius 2 is 1.47 bits per heavy atom. The van der Waals surface area contributed by atoms with Crippen molar-refractivity contribution in [3.8, 4) is 0 Å². The minimum Gasteiger partial charge on any atom is -0.354 e. The van der Waals surface area contributed by atoms with Gasteiger partial charge in [-0.2, -0.15) is 0 Å². The fraction of sp³-hybridized carbons (Fsp3) is 0.833. The molecule has 0 spiro atoms. The number of nitrogens with two attached hydrogens (primary N) is 3. The van der Waals surface area contributed by atoms with E-state index in [1.807, 2.05) is 19.0 Å². The van der Waals surface area contributed by atoms with Gasteiger partial charge in [0.05, 0.1) is 12.6 Å². The summed E-state index contributed by atoms with van der Waals surface area (Å²) in [6.45, 7) is 2.38. The Morgan fingerprint density at radius 1 is 0.900 bits per heavy atom. The van der Waals surface area contributed by atoms with Crippen LogP contribution in [0.25, 0.3) is 0 Å². The number of nitrogens with zero attached hydrogens (tertiary/aromatic N) is 1. The van der Waals surface area contributed by atoms with E-state index in [1.165, 1.54) is 0 Å². The molecule has 3 amide bonds. The Morgan fingerprint density at radius 3 is 2.03 bits per heavy atom. The second-order valence-corrected chi connectivity index (χ2v) is 9.75. The zero-order chi connectivity index (χ0) is 22.8. The average Bonchev–Trinajstić information content (AvgIpc) is 2.70. The predicted octanol–water partition coefficient (Wildman–Crippen LogP) is -1.55. The quantitative estimate of drug-likeness (QED) is 0.104. The van der Waals surface area contributed by atoms with Crippen LogP contribution in [0.4, 0.5) is 0 Å². The molecule has 0 fully saturated rings. The first-order valence-corrected chi connectivity index (χ1v) is 12.7. The van der Waals surface area contributed by atoms with Crippen molar-refractivity contribution in [2.45, 2.75) is 37.8 Å². The largest absolute Gasteiger partial charge is 0.354 e. The Balaban J connectivity index is 4.08. The molecule has 0 rings (SSSR count). The molecule has 0 aromatic rings. The van der Waals surface area contributed by atoms with Gasteiger partial charge in [0.15, 0.2) is 0 Å². The lowest BCUT2D eigenvalue weighted by molar-refractivity contribution is -0.129. The molecule has 9 N–H and O–H groups in total. The number of carbonyl (C=O) groups is 3. The van der Waals surface area contributed by atoms with Crippen LogP contribution in [0.15, 0.2) is 0 Å². The smallest absolute Gasteiger partial charge is 0.242 e. The third-order valence-electron chi connectivity index (χ3n) is 3.92. The summed E-state index contributed by atoms with van der Waals surface area (Å²) in [4.78, 5) is 37.9. The molecule has 2 unspecified atom stereocenters. The van der Waals surface area contributed by atoms with E-state index in [1.54, 1.807) is 21.6 Å². The maximum Gasteiger partial charge on any atom is 0.242 e. The number of hydrogen-bond acceptors (Lipinski definition) is 9. The van der Waals surface area contributed by atoms with Gasteiger partial charge in [-0.25, -0.2) is 0 Å². The van der Waals surface area contributed by atoms with E-state index in [0.29, 0.717) is 58.4 Å². The second-order valence-electron chi connectivity index (χ2n) is 7.05. The Bertz CT molecular complexity index is 498. The van der Waals surface area contributed by atoms with Crippen LogP contribution < -0.4 is 33.2 Å². The van der Waals surface area contributed by atoms with E-state index in [4.69, 9.17) is 17.2 Å². The van der Waals surface area contributed by atoms with Crippen LogP contribution in [0.3, 0.4) is 0 Å². The lowest BCUT2D eigenvalue weighted by Gasteiger charge is -2.20. The van der Waals surface area contributed by atoms with Crippen LogP contribution in [-0.4, -0.2) is 93.0 Å². The zero-order valence-electron chi connectivity index (χ0n) is 18.2. The van der Waals surface area contributed by atoms with Crippen molar-refractivity contribution in [3.63, 3.8) is 0 Å². The first-order chi connectivity index (χ1) is 14.3. The van der Waals surface area contributed by atoms with Crippen LogP contribution >= 0.6 is 21.6 Å². The molecule has 10 nitrogen and oxygen atoms in total. The van der Waals surface area contributed by atoms with Crippen molar-refractivity contribution in [2.75, 3.05) is 58.3 Å². The lowest BCUT2D eigenvalue weighted by atomic mass is 10.1. The maximum atomic E-state index is 12.4. The van der Waals surface area contributed by atoms with Gasteiger partial charge in [0.2, 0.25) is 17.7 Å². The van der Waals surface area contributed by atoms with E-state index < -0.39 is 12.1 Å². The molecule has 30 heavy (non-hydrogen) atoms. The van der Waals surface area contributed by atoms with Crippen molar-refractivity contribution in [1.29, 1.82) is 0 Å². The molecule has 0 aromatic carbocycles. The molecular formula is C18H39N7O3S2. The minimum atomic E-state index is -0.674. The number of likely N-dealkylation sites (N-methyl/N-ethyl adjacent to an activating group) is 1. The van der Waals surface area contributed by atoms with Crippen LogP contribution in [0, 0.1) is 0 Å². The maximum absolute atomic E-state index is 12.4. The highest BCUT2D eigenvalue weighted by atomic mass is 33.1. The first kappa shape index (κ1) is 28.9. The molecule has 0 aliphatic heterocycles. The van der Waals surface area contributed by atoms with Crippen LogP contribution in [0.2, 0.25) is 0 Å². The monoisotopic (exact) mass is 465 g/mol. The Kier molecular flexibility index (Phi) is 18.0. The Hall–Kier alpha value is -1.05. The van der Waals surface area contributed by atoms with Crippen molar-refractivity contribution in [1.82, 2.24) is 20.9 Å². The highest BCUT2D eigenvalue weighted by Gasteiger charge is 2.22. The van der Waals surface area contributed by atoms with Gasteiger partial charge < -0.3 is 38.1 Å². The SMILES string of the molecule is CN(C)CC(=O)NCCSSCCNC(=O)C(CCCN)NC(=O)C(N)CCCN. The molecule has 0 heterocycles. The van der Waals surface area contributed by atoms with Crippen molar-refractivity contribution >= 4 is 39.3 Å². The molecule has 2 atom stereocenters. The summed E-state index contributed by atoms with van der Waals surface area (Å²) in [6, 6.07) is -1.32. The van der Waals surface area contributed by atoms with Crippen molar-refractivity contribution < 1.29 is 14.4 Å². The van der Waals surface area contributed by atoms with Crippen molar-refractivity contribution in [2.24, 2.45) is 17.2 Å². The Labute approximate surface area is 188 Å². The van der Waals surface area contributed by atoms with Gasteiger partial charge in [-0.1, -0.05) is 21.6 Å². The highest BCUT2D eigenvalue weighted by Crippen LogP contribution is 2.19. The zero-order valence-corrected chi connectivity index (χ0v) is 19.8. The van der Waals surface area contributed by atoms with Gasteiger partial charge in [0.1, 0.15) is 6.04 Å². The van der Waals surface area contributed by atoms with Crippen molar-refractivity contribution in [3.05, 3.63) is 0 Å². The predicted molar refractivity (Wildman–Crippen MR) is 126 cm³/mol. The highest BCUT2D eigenvalue weighted by molar-refractivity contribution is 8.76. The summed E-state index contributed by atoms with van der Waals surface area (Å²) >= 11 is 0. The third-order valence-corrected chi connectivity index (χ3v) is 6.33. The molecule has 0 bridgehead atoms. The van der Waals surface area contributed by atoms with E-state index in [-0.39, 0.29) is 17.7 Å². The normalized spacial score (nSPS) is 13.0. The molecular weight excluding hydrogens is 426 g/mol. The van der Waals surface area contributed by atoms with Gasteiger partial charge >= 0.3 is 0 Å². The van der Waals surface area contributed by atoms with Gasteiger partial charge in [-0.05, 0) is 52.9 Å². The minimum absolute atomic E-state index is 0.00572. The van der Waals surface area contributed by atoms with E-state index in [0.717, 1.165) is 11.5 Å². The van der Waals surface area contributed by atoms with E-state index >= 15 is 0 Å². The van der Waals surface area contributed by atoms with Gasteiger partial charge in [0, 0.05) is 24.6 Å². The van der Waals surface area contributed by atoms with Crippen LogP contribution in [0.1, 0.15) is 25.7 Å². The standard InChI is InChI=1S/C18H39N7O3S2/c1-25(2)13-16(26)22-9-11-29-30-12-10-23-18(28)15(6-4-8-20)24-17(27)14(21)5-3-7-19/h14-15H,3-13,19-21H2,1-2H3,(H,22,26)(H,23,28)(H,24,27). The van der Waals surface area contributed by atoms with Gasteiger partial charge in [-0.3, -0.25) is 14.4 Å². The number of rotatable bonds is 18. The molecule has 0 saturated heterocycles. The summed E-state index contributed by atoms with van der Waals surface area (Å²) in [7, 11) is 6.95. The topological polar surface area (TPSA) is 169 Å². The molecule has 0 aromatic heterocycles.